The van der Waals surface area contributed by atoms with Crippen LogP contribution in [0, 0.1) is 0 Å². The van der Waals surface area contributed by atoms with Gasteiger partial charge in [-0.2, -0.15) is 30.7 Å². The van der Waals surface area contributed by atoms with Gasteiger partial charge in [-0.1, -0.05) is 12.1 Å². The SMILES string of the molecule is NCCC(=O)Nc1cc(C(F)(F)C(F)(F)C(F)(F)F)ccc1B(O)O. The summed E-state index contributed by atoms with van der Waals surface area (Å²) in [5.41, 5.74) is 1.96. The number of hydrogen-bond acceptors (Lipinski definition) is 4. The lowest BCUT2D eigenvalue weighted by atomic mass is 9.78. The van der Waals surface area contributed by atoms with Gasteiger partial charge in [0.05, 0.1) is 0 Å². The average Bonchev–Trinajstić information content (AvgIpc) is 2.45. The fourth-order valence-corrected chi connectivity index (χ4v) is 1.79. The molecule has 5 nitrogen and oxygen atoms in total. The van der Waals surface area contributed by atoms with Crippen molar-refractivity contribution in [1.82, 2.24) is 0 Å². The van der Waals surface area contributed by atoms with Gasteiger partial charge in [-0.05, 0) is 6.07 Å². The molecule has 0 heterocycles. The lowest BCUT2D eigenvalue weighted by molar-refractivity contribution is -0.359. The van der Waals surface area contributed by atoms with Crippen molar-refractivity contribution in [3.05, 3.63) is 23.8 Å². The van der Waals surface area contributed by atoms with E-state index in [4.69, 9.17) is 15.8 Å². The van der Waals surface area contributed by atoms with Gasteiger partial charge in [-0.3, -0.25) is 4.79 Å². The zero-order chi connectivity index (χ0) is 19.6. The maximum absolute atomic E-state index is 13.7. The number of benzene rings is 1. The molecule has 0 bridgehead atoms. The van der Waals surface area contributed by atoms with E-state index in [9.17, 15) is 35.5 Å². The second kappa shape index (κ2) is 7.18. The summed E-state index contributed by atoms with van der Waals surface area (Å²) in [4.78, 5) is 11.4. The molecular formula is C12H12BF7N2O3. The first-order chi connectivity index (χ1) is 11.3. The Labute approximate surface area is 136 Å². The molecular weight excluding hydrogens is 364 g/mol. The molecule has 25 heavy (non-hydrogen) atoms. The van der Waals surface area contributed by atoms with Crippen LogP contribution in [0.2, 0.25) is 0 Å². The summed E-state index contributed by atoms with van der Waals surface area (Å²) in [5, 5.41) is 20.1. The van der Waals surface area contributed by atoms with Crippen molar-refractivity contribution in [2.75, 3.05) is 11.9 Å². The molecule has 0 atom stereocenters. The fourth-order valence-electron chi connectivity index (χ4n) is 1.79. The largest absolute Gasteiger partial charge is 0.490 e. The van der Waals surface area contributed by atoms with E-state index in [0.29, 0.717) is 6.07 Å². The lowest BCUT2D eigenvalue weighted by Crippen LogP contribution is -2.50. The number of carbonyl (C=O) groups excluding carboxylic acids is 1. The Morgan fingerprint density at radius 2 is 1.68 bits per heavy atom. The van der Waals surface area contributed by atoms with Gasteiger partial charge in [0.15, 0.2) is 0 Å². The van der Waals surface area contributed by atoms with Crippen LogP contribution < -0.4 is 16.5 Å². The number of carbonyl (C=O) groups is 1. The van der Waals surface area contributed by atoms with Crippen LogP contribution in [0.25, 0.3) is 0 Å². The third-order valence-corrected chi connectivity index (χ3v) is 3.09. The smallest absolute Gasteiger partial charge is 0.423 e. The normalized spacial score (nSPS) is 12.9. The summed E-state index contributed by atoms with van der Waals surface area (Å²) in [6.07, 6.45) is -6.87. The molecule has 1 amide bonds. The Morgan fingerprint density at radius 1 is 1.12 bits per heavy atom. The molecule has 0 spiro atoms. The van der Waals surface area contributed by atoms with E-state index < -0.39 is 47.8 Å². The highest BCUT2D eigenvalue weighted by atomic mass is 19.4. The number of halogens is 7. The number of amides is 1. The molecule has 0 aliphatic heterocycles. The minimum atomic E-state index is -6.53. The molecule has 1 aromatic rings. The predicted molar refractivity (Wildman–Crippen MR) is 73.5 cm³/mol. The number of rotatable bonds is 6. The Hall–Kier alpha value is -1.86. The molecule has 0 aromatic heterocycles. The second-order valence-corrected chi connectivity index (χ2v) is 4.91. The number of nitrogens with two attached hydrogens (primary N) is 1. The van der Waals surface area contributed by atoms with Crippen LogP contribution in [0.5, 0.6) is 0 Å². The Bertz CT molecular complexity index is 638. The van der Waals surface area contributed by atoms with E-state index in [2.05, 4.69) is 0 Å². The summed E-state index contributed by atoms with van der Waals surface area (Å²) in [7, 11) is -2.31. The lowest BCUT2D eigenvalue weighted by Gasteiger charge is -2.29. The maximum Gasteiger partial charge on any atom is 0.490 e. The van der Waals surface area contributed by atoms with Gasteiger partial charge in [0, 0.05) is 29.7 Å². The van der Waals surface area contributed by atoms with Crippen molar-refractivity contribution >= 4 is 24.2 Å². The summed E-state index contributed by atoms with van der Waals surface area (Å²) < 4.78 is 90.3. The van der Waals surface area contributed by atoms with Gasteiger partial charge in [0.1, 0.15) is 0 Å². The molecule has 5 N–H and O–H groups in total. The van der Waals surface area contributed by atoms with Gasteiger partial charge in [0.2, 0.25) is 5.91 Å². The van der Waals surface area contributed by atoms with Crippen LogP contribution in [0.1, 0.15) is 12.0 Å². The van der Waals surface area contributed by atoms with Crippen LogP contribution in [-0.2, 0) is 10.7 Å². The molecule has 140 valence electrons. The second-order valence-electron chi connectivity index (χ2n) is 4.91. The summed E-state index contributed by atoms with van der Waals surface area (Å²) in [6, 6.07) is 0.772. The van der Waals surface area contributed by atoms with Crippen LogP contribution in [0.4, 0.5) is 36.4 Å². The first kappa shape index (κ1) is 21.2. The number of anilines is 1. The minimum Gasteiger partial charge on any atom is -0.423 e. The monoisotopic (exact) mass is 376 g/mol. The van der Waals surface area contributed by atoms with Gasteiger partial charge < -0.3 is 21.1 Å². The average molecular weight is 376 g/mol. The molecule has 0 unspecified atom stereocenters. The fraction of sp³-hybridized carbons (Fsp3) is 0.417. The molecule has 1 rings (SSSR count). The minimum absolute atomic E-state index is 0.114. The van der Waals surface area contributed by atoms with Crippen molar-refractivity contribution in [3.8, 4) is 0 Å². The summed E-state index contributed by atoms with van der Waals surface area (Å²) in [5.74, 6) is -13.0. The van der Waals surface area contributed by atoms with Crippen LogP contribution in [-0.4, -0.2) is 41.7 Å². The van der Waals surface area contributed by atoms with E-state index in [0.717, 1.165) is 0 Å². The molecule has 0 fully saturated rings. The molecule has 13 heteroatoms. The van der Waals surface area contributed by atoms with Crippen molar-refractivity contribution in [3.63, 3.8) is 0 Å². The highest BCUT2D eigenvalue weighted by molar-refractivity contribution is 6.60. The highest BCUT2D eigenvalue weighted by Crippen LogP contribution is 2.51. The highest BCUT2D eigenvalue weighted by Gasteiger charge is 2.73. The zero-order valence-corrected chi connectivity index (χ0v) is 12.2. The topological polar surface area (TPSA) is 95.6 Å². The third kappa shape index (κ3) is 4.22. The zero-order valence-electron chi connectivity index (χ0n) is 12.2. The van der Waals surface area contributed by atoms with Gasteiger partial charge in [0.25, 0.3) is 0 Å². The Kier molecular flexibility index (Phi) is 6.08. The van der Waals surface area contributed by atoms with Crippen LogP contribution in [0.15, 0.2) is 18.2 Å². The van der Waals surface area contributed by atoms with Crippen molar-refractivity contribution in [2.45, 2.75) is 24.4 Å². The number of nitrogens with one attached hydrogen (secondary N) is 1. The Morgan fingerprint density at radius 3 is 2.12 bits per heavy atom. The molecule has 0 saturated heterocycles. The van der Waals surface area contributed by atoms with E-state index >= 15 is 0 Å². The standard InChI is InChI=1S/C12H12BF7N2O3/c14-10(15,11(16,17)12(18,19)20)6-1-2-7(13(24)25)8(5-6)22-9(23)3-4-21/h1-2,5,24-25H,3-4,21H2,(H,22,23). The molecule has 1 aromatic carbocycles. The predicted octanol–water partition coefficient (Wildman–Crippen LogP) is 0.943. The number of alkyl halides is 7. The van der Waals surface area contributed by atoms with Gasteiger partial charge >= 0.3 is 25.1 Å². The quantitative estimate of drug-likeness (QED) is 0.439. The van der Waals surface area contributed by atoms with Crippen molar-refractivity contribution < 1.29 is 45.6 Å². The number of hydrogen-bond donors (Lipinski definition) is 4. The first-order valence-corrected chi connectivity index (χ1v) is 6.58. The van der Waals surface area contributed by atoms with Crippen LogP contribution >= 0.6 is 0 Å². The van der Waals surface area contributed by atoms with E-state index in [1.54, 1.807) is 0 Å². The summed E-state index contributed by atoms with van der Waals surface area (Å²) in [6.45, 7) is -0.176. The van der Waals surface area contributed by atoms with E-state index in [-0.39, 0.29) is 25.1 Å². The third-order valence-electron chi connectivity index (χ3n) is 3.09. The molecule has 0 aliphatic carbocycles. The first-order valence-electron chi connectivity index (χ1n) is 6.58. The van der Waals surface area contributed by atoms with Crippen molar-refractivity contribution in [1.29, 1.82) is 0 Å². The van der Waals surface area contributed by atoms with Crippen LogP contribution in [0.3, 0.4) is 0 Å². The Balaban J connectivity index is 3.40. The van der Waals surface area contributed by atoms with Gasteiger partial charge in [-0.25, -0.2) is 0 Å². The summed E-state index contributed by atoms with van der Waals surface area (Å²) >= 11 is 0. The maximum atomic E-state index is 13.7. The van der Waals surface area contributed by atoms with Gasteiger partial charge in [-0.15, -0.1) is 0 Å². The molecule has 0 radical (unpaired) electrons. The molecule has 0 saturated carbocycles. The molecule has 0 aliphatic rings. The van der Waals surface area contributed by atoms with Crippen molar-refractivity contribution in [2.24, 2.45) is 5.73 Å². The van der Waals surface area contributed by atoms with E-state index in [1.165, 1.54) is 0 Å². The van der Waals surface area contributed by atoms with E-state index in [1.807, 2.05) is 5.32 Å².